The van der Waals surface area contributed by atoms with Gasteiger partial charge in [0, 0.05) is 35.2 Å². The zero-order chi connectivity index (χ0) is 21.6. The molecular weight excluding hydrogens is 392 g/mol. The van der Waals surface area contributed by atoms with Gasteiger partial charge in [-0.3, -0.25) is 0 Å². The van der Waals surface area contributed by atoms with Crippen molar-refractivity contribution in [2.75, 3.05) is 5.75 Å². The van der Waals surface area contributed by atoms with Gasteiger partial charge in [-0.2, -0.15) is 0 Å². The van der Waals surface area contributed by atoms with Crippen LogP contribution in [0.5, 0.6) is 0 Å². The molecule has 1 aromatic heterocycles. The summed E-state index contributed by atoms with van der Waals surface area (Å²) in [6.45, 7) is 6.86. The zero-order valence-corrected chi connectivity index (χ0v) is 18.9. The first-order valence-electron chi connectivity index (χ1n) is 10.7. The lowest BCUT2D eigenvalue weighted by atomic mass is 9.80. The Hall–Kier alpha value is -2.32. The SMILES string of the molecule is CCCCCCc1cc2c(cc1C#Cc1cnc(CC(=O)[O-])nc1)C(C)(C)CCS2. The van der Waals surface area contributed by atoms with Crippen LogP contribution in [0.15, 0.2) is 29.4 Å². The second-order valence-electron chi connectivity index (χ2n) is 8.49. The summed E-state index contributed by atoms with van der Waals surface area (Å²) in [5.74, 6) is 6.74. The number of nitrogens with zero attached hydrogens (tertiary/aromatic N) is 2. The largest absolute Gasteiger partial charge is 0.550 e. The second-order valence-corrected chi connectivity index (χ2v) is 9.62. The first-order valence-corrected chi connectivity index (χ1v) is 11.7. The molecule has 0 fully saturated rings. The van der Waals surface area contributed by atoms with Gasteiger partial charge in [0.2, 0.25) is 0 Å². The molecule has 1 aliphatic heterocycles. The van der Waals surface area contributed by atoms with Crippen LogP contribution in [0.3, 0.4) is 0 Å². The molecule has 4 nitrogen and oxygen atoms in total. The van der Waals surface area contributed by atoms with Crippen LogP contribution in [0.25, 0.3) is 0 Å². The summed E-state index contributed by atoms with van der Waals surface area (Å²) in [7, 11) is 0. The van der Waals surface area contributed by atoms with E-state index < -0.39 is 5.97 Å². The summed E-state index contributed by atoms with van der Waals surface area (Å²) in [6.07, 6.45) is 10.0. The van der Waals surface area contributed by atoms with Crippen molar-refractivity contribution in [3.8, 4) is 11.8 Å². The number of hydrogen-bond acceptors (Lipinski definition) is 5. The van der Waals surface area contributed by atoms with Crippen molar-refractivity contribution in [3.05, 3.63) is 52.6 Å². The van der Waals surface area contributed by atoms with E-state index in [0.717, 1.165) is 17.7 Å². The molecule has 158 valence electrons. The molecule has 0 N–H and O–H groups in total. The van der Waals surface area contributed by atoms with Crippen LogP contribution < -0.4 is 5.11 Å². The van der Waals surface area contributed by atoms with Crippen molar-refractivity contribution in [2.24, 2.45) is 0 Å². The van der Waals surface area contributed by atoms with Crippen molar-refractivity contribution < 1.29 is 9.90 Å². The van der Waals surface area contributed by atoms with Crippen LogP contribution in [0.1, 0.15) is 81.0 Å². The Kier molecular flexibility index (Phi) is 7.55. The Balaban J connectivity index is 1.90. The Morgan fingerprint density at radius 2 is 1.93 bits per heavy atom. The van der Waals surface area contributed by atoms with Gasteiger partial charge in [-0.1, -0.05) is 51.9 Å². The van der Waals surface area contributed by atoms with Crippen molar-refractivity contribution >= 4 is 17.7 Å². The molecule has 0 radical (unpaired) electrons. The quantitative estimate of drug-likeness (QED) is 0.498. The highest BCUT2D eigenvalue weighted by molar-refractivity contribution is 7.99. The summed E-state index contributed by atoms with van der Waals surface area (Å²) in [6, 6.07) is 4.64. The molecule has 2 aromatic rings. The Morgan fingerprint density at radius 3 is 2.63 bits per heavy atom. The third-order valence-electron chi connectivity index (χ3n) is 5.57. The first kappa shape index (κ1) is 22.4. The van der Waals surface area contributed by atoms with E-state index in [2.05, 4.69) is 54.7 Å². The van der Waals surface area contributed by atoms with E-state index in [0.29, 0.717) is 5.56 Å². The molecule has 0 spiro atoms. The molecule has 1 aromatic carbocycles. The van der Waals surface area contributed by atoms with E-state index in [1.54, 1.807) is 12.4 Å². The van der Waals surface area contributed by atoms with Crippen LogP contribution in [0.4, 0.5) is 0 Å². The summed E-state index contributed by atoms with van der Waals surface area (Å²) >= 11 is 1.96. The Morgan fingerprint density at radius 1 is 1.17 bits per heavy atom. The Labute approximate surface area is 183 Å². The number of fused-ring (bicyclic) bond motifs is 1. The fourth-order valence-corrected chi connectivity index (χ4v) is 5.21. The number of aryl methyl sites for hydroxylation is 1. The second kappa shape index (κ2) is 10.1. The van der Waals surface area contributed by atoms with Gasteiger partial charge in [0.25, 0.3) is 0 Å². The summed E-state index contributed by atoms with van der Waals surface area (Å²) in [5.41, 5.74) is 4.63. The topological polar surface area (TPSA) is 65.9 Å². The molecule has 2 heterocycles. The number of aliphatic carboxylic acids is 1. The molecule has 0 atom stereocenters. The number of carbonyl (C=O) groups excluding carboxylic acids is 1. The van der Waals surface area contributed by atoms with E-state index in [1.165, 1.54) is 48.1 Å². The van der Waals surface area contributed by atoms with Gasteiger partial charge < -0.3 is 9.90 Å². The summed E-state index contributed by atoms with van der Waals surface area (Å²) in [4.78, 5) is 20.2. The number of carboxylic acid groups (broad SMARTS) is 1. The molecule has 0 saturated heterocycles. The lowest BCUT2D eigenvalue weighted by molar-refractivity contribution is -0.304. The fourth-order valence-electron chi connectivity index (χ4n) is 3.67. The van der Waals surface area contributed by atoms with Crippen LogP contribution in [-0.4, -0.2) is 21.7 Å². The molecule has 0 unspecified atom stereocenters. The molecule has 0 aliphatic carbocycles. The molecule has 3 rings (SSSR count). The van der Waals surface area contributed by atoms with E-state index in [1.807, 2.05) is 11.8 Å². The van der Waals surface area contributed by atoms with Crippen molar-refractivity contribution in [1.82, 2.24) is 9.97 Å². The van der Waals surface area contributed by atoms with Crippen LogP contribution >= 0.6 is 11.8 Å². The Bertz CT molecular complexity index is 956. The van der Waals surface area contributed by atoms with Gasteiger partial charge in [0.15, 0.2) is 0 Å². The maximum absolute atomic E-state index is 10.7. The summed E-state index contributed by atoms with van der Waals surface area (Å²) in [5, 5.41) is 10.7. The lowest BCUT2D eigenvalue weighted by Gasteiger charge is -2.32. The van der Waals surface area contributed by atoms with E-state index in [4.69, 9.17) is 0 Å². The lowest BCUT2D eigenvalue weighted by Crippen LogP contribution is -2.25. The molecule has 1 aliphatic rings. The molecular formula is C25H29N2O2S-. The number of carboxylic acids is 1. The minimum Gasteiger partial charge on any atom is -0.550 e. The highest BCUT2D eigenvalue weighted by Gasteiger charge is 2.28. The number of unbranched alkanes of at least 4 members (excludes halogenated alkanes) is 3. The number of rotatable bonds is 7. The van der Waals surface area contributed by atoms with Crippen LogP contribution in [0.2, 0.25) is 0 Å². The smallest absolute Gasteiger partial charge is 0.133 e. The average Bonchev–Trinajstić information content (AvgIpc) is 2.70. The van der Waals surface area contributed by atoms with Crippen LogP contribution in [0, 0.1) is 11.8 Å². The molecule has 0 bridgehead atoms. The number of carbonyl (C=O) groups is 1. The normalized spacial score (nSPS) is 14.5. The molecule has 0 saturated carbocycles. The van der Waals surface area contributed by atoms with E-state index in [9.17, 15) is 9.90 Å². The third kappa shape index (κ3) is 5.86. The third-order valence-corrected chi connectivity index (χ3v) is 6.63. The van der Waals surface area contributed by atoms with Gasteiger partial charge in [-0.05, 0) is 53.7 Å². The predicted molar refractivity (Wildman–Crippen MR) is 119 cm³/mol. The first-order chi connectivity index (χ1) is 14.4. The fraction of sp³-hybridized carbons (Fsp3) is 0.480. The van der Waals surface area contributed by atoms with Gasteiger partial charge in [-0.25, -0.2) is 9.97 Å². The van der Waals surface area contributed by atoms with Crippen molar-refractivity contribution in [1.29, 1.82) is 0 Å². The minimum atomic E-state index is -1.18. The number of thioether (sulfide) groups is 1. The maximum atomic E-state index is 10.7. The van der Waals surface area contributed by atoms with Crippen molar-refractivity contribution in [3.63, 3.8) is 0 Å². The van der Waals surface area contributed by atoms with Gasteiger partial charge in [-0.15, -0.1) is 11.8 Å². The predicted octanol–water partition coefficient (Wildman–Crippen LogP) is 4.07. The highest BCUT2D eigenvalue weighted by Crippen LogP contribution is 2.42. The van der Waals surface area contributed by atoms with Crippen molar-refractivity contribution in [2.45, 2.75) is 76.0 Å². The summed E-state index contributed by atoms with van der Waals surface area (Å²) < 4.78 is 0. The zero-order valence-electron chi connectivity index (χ0n) is 18.1. The van der Waals surface area contributed by atoms with Gasteiger partial charge >= 0.3 is 0 Å². The van der Waals surface area contributed by atoms with Gasteiger partial charge in [0.05, 0.1) is 5.56 Å². The van der Waals surface area contributed by atoms with E-state index in [-0.39, 0.29) is 17.7 Å². The molecule has 0 amide bonds. The van der Waals surface area contributed by atoms with Gasteiger partial charge in [0.1, 0.15) is 5.82 Å². The number of benzene rings is 1. The van der Waals surface area contributed by atoms with E-state index >= 15 is 0 Å². The molecule has 30 heavy (non-hydrogen) atoms. The monoisotopic (exact) mass is 421 g/mol. The minimum absolute atomic E-state index is 0.160. The number of aromatic nitrogens is 2. The highest BCUT2D eigenvalue weighted by atomic mass is 32.2. The number of hydrogen-bond donors (Lipinski definition) is 0. The average molecular weight is 422 g/mol. The van der Waals surface area contributed by atoms with Crippen LogP contribution in [-0.2, 0) is 23.1 Å². The maximum Gasteiger partial charge on any atom is 0.133 e. The standard InChI is InChI=1S/C25H30N2O2S/c1-4-5-6-7-8-19-14-22-21(25(2,3)11-12-30-22)13-20(19)10-9-18-16-26-23(27-17-18)15-24(28)29/h13-14,16-17H,4-8,11-12,15H2,1-3H3,(H,28,29)/p-1. The molecule has 5 heteroatoms.